The fourth-order valence-electron chi connectivity index (χ4n) is 4.24. The van der Waals surface area contributed by atoms with E-state index in [1.807, 2.05) is 30.3 Å². The quantitative estimate of drug-likeness (QED) is 0.138. The van der Waals surface area contributed by atoms with E-state index >= 15 is 0 Å². The molecule has 11 heteroatoms. The van der Waals surface area contributed by atoms with Crippen LogP contribution in [0.15, 0.2) is 60.8 Å². The van der Waals surface area contributed by atoms with Crippen LogP contribution < -0.4 is 27.4 Å². The average molecular weight is 537 g/mol. The van der Waals surface area contributed by atoms with Crippen LogP contribution >= 0.6 is 0 Å². The van der Waals surface area contributed by atoms with Crippen molar-refractivity contribution < 1.29 is 24.3 Å². The van der Waals surface area contributed by atoms with E-state index in [1.165, 1.54) is 0 Å². The molecule has 0 saturated heterocycles. The van der Waals surface area contributed by atoms with E-state index in [2.05, 4.69) is 20.9 Å². The van der Waals surface area contributed by atoms with Crippen molar-refractivity contribution in [3.63, 3.8) is 0 Å². The molecule has 11 nitrogen and oxygen atoms in total. The maximum Gasteiger partial charge on any atom is 0.326 e. The highest BCUT2D eigenvalue weighted by Crippen LogP contribution is 2.19. The molecule has 3 rings (SSSR count). The summed E-state index contributed by atoms with van der Waals surface area (Å²) in [6.07, 6.45) is 3.78. The maximum absolute atomic E-state index is 13.3. The number of hydrogen-bond acceptors (Lipinski definition) is 6. The number of amides is 3. The number of nitrogens with two attached hydrogens (primary N) is 2. The van der Waals surface area contributed by atoms with Gasteiger partial charge in [-0.2, -0.15) is 0 Å². The Kier molecular flexibility index (Phi) is 11.0. The SMILES string of the molecule is NCCCCC(N)C(=O)NCC(=O)NC(Cc1ccccc1)C(=O)NC(Cc1c[nH]c2ccccc12)C(=O)O. The van der Waals surface area contributed by atoms with Gasteiger partial charge in [0.2, 0.25) is 17.7 Å². The summed E-state index contributed by atoms with van der Waals surface area (Å²) in [6, 6.07) is 13.4. The van der Waals surface area contributed by atoms with Gasteiger partial charge >= 0.3 is 5.97 Å². The van der Waals surface area contributed by atoms with Crippen molar-refractivity contribution >= 4 is 34.6 Å². The average Bonchev–Trinajstić information content (AvgIpc) is 3.34. The molecule has 2 aromatic carbocycles. The number of fused-ring (bicyclic) bond motifs is 1. The molecule has 1 heterocycles. The zero-order chi connectivity index (χ0) is 28.2. The van der Waals surface area contributed by atoms with Gasteiger partial charge in [0.15, 0.2) is 0 Å². The number of carboxylic acid groups (broad SMARTS) is 1. The van der Waals surface area contributed by atoms with Crippen molar-refractivity contribution in [3.05, 3.63) is 71.9 Å². The van der Waals surface area contributed by atoms with E-state index in [1.54, 1.807) is 30.5 Å². The smallest absolute Gasteiger partial charge is 0.326 e. The summed E-state index contributed by atoms with van der Waals surface area (Å²) in [4.78, 5) is 53.3. The molecular formula is C28H36N6O5. The van der Waals surface area contributed by atoms with Gasteiger partial charge in [0.05, 0.1) is 12.6 Å². The van der Waals surface area contributed by atoms with Crippen LogP contribution in [0, 0.1) is 0 Å². The van der Waals surface area contributed by atoms with Crippen LogP contribution in [0.25, 0.3) is 10.9 Å². The number of carbonyl (C=O) groups excluding carboxylic acids is 3. The molecule has 3 amide bonds. The largest absolute Gasteiger partial charge is 0.480 e. The molecule has 9 N–H and O–H groups in total. The van der Waals surface area contributed by atoms with Gasteiger partial charge in [-0.1, -0.05) is 55.0 Å². The minimum absolute atomic E-state index is 0.0508. The number of H-pyrrole nitrogens is 1. The van der Waals surface area contributed by atoms with Crippen LogP contribution in [-0.2, 0) is 32.0 Å². The van der Waals surface area contributed by atoms with Gasteiger partial charge in [-0.15, -0.1) is 0 Å². The molecule has 208 valence electrons. The lowest BCUT2D eigenvalue weighted by atomic mass is 10.0. The van der Waals surface area contributed by atoms with E-state index in [0.717, 1.165) is 28.5 Å². The highest BCUT2D eigenvalue weighted by molar-refractivity contribution is 5.93. The van der Waals surface area contributed by atoms with Crippen molar-refractivity contribution in [2.75, 3.05) is 13.1 Å². The Morgan fingerprint density at radius 1 is 0.872 bits per heavy atom. The Bertz CT molecular complexity index is 1260. The first-order chi connectivity index (χ1) is 18.8. The second kappa shape index (κ2) is 14.6. The fourth-order valence-corrected chi connectivity index (χ4v) is 4.24. The minimum Gasteiger partial charge on any atom is -0.480 e. The van der Waals surface area contributed by atoms with Gasteiger partial charge in [0.1, 0.15) is 12.1 Å². The Morgan fingerprint density at radius 2 is 1.59 bits per heavy atom. The van der Waals surface area contributed by atoms with Crippen LogP contribution in [0.1, 0.15) is 30.4 Å². The molecule has 3 atom stereocenters. The molecule has 3 unspecified atom stereocenters. The third kappa shape index (κ3) is 8.94. The predicted molar refractivity (Wildman–Crippen MR) is 148 cm³/mol. The molecule has 1 aromatic heterocycles. The Labute approximate surface area is 226 Å². The summed E-state index contributed by atoms with van der Waals surface area (Å²) in [6.45, 7) is 0.131. The monoisotopic (exact) mass is 536 g/mol. The number of nitrogens with one attached hydrogen (secondary N) is 4. The molecule has 0 radical (unpaired) electrons. The number of para-hydroxylation sites is 1. The van der Waals surface area contributed by atoms with E-state index in [-0.39, 0.29) is 19.4 Å². The van der Waals surface area contributed by atoms with Crippen LogP contribution in [0.2, 0.25) is 0 Å². The van der Waals surface area contributed by atoms with Crippen LogP contribution in [0.3, 0.4) is 0 Å². The summed E-state index contributed by atoms with van der Waals surface area (Å²) in [5.74, 6) is -2.92. The first-order valence-corrected chi connectivity index (χ1v) is 12.9. The topological polar surface area (TPSA) is 192 Å². The number of benzene rings is 2. The lowest BCUT2D eigenvalue weighted by Gasteiger charge is -2.22. The fraction of sp³-hybridized carbons (Fsp3) is 0.357. The molecule has 0 bridgehead atoms. The summed E-state index contributed by atoms with van der Waals surface area (Å²) in [5, 5.41) is 18.4. The Hall–Kier alpha value is -4.22. The second-order valence-corrected chi connectivity index (χ2v) is 9.38. The molecule has 0 aliphatic rings. The summed E-state index contributed by atoms with van der Waals surface area (Å²) < 4.78 is 0. The number of unbranched alkanes of at least 4 members (excludes halogenated alkanes) is 1. The number of rotatable bonds is 15. The van der Waals surface area contributed by atoms with Gasteiger partial charge < -0.3 is 37.5 Å². The normalized spacial score (nSPS) is 13.3. The summed E-state index contributed by atoms with van der Waals surface area (Å²) in [7, 11) is 0. The van der Waals surface area contributed by atoms with E-state index in [0.29, 0.717) is 19.4 Å². The number of aromatic nitrogens is 1. The van der Waals surface area contributed by atoms with Crippen molar-refractivity contribution in [2.24, 2.45) is 11.5 Å². The van der Waals surface area contributed by atoms with Crippen LogP contribution in [-0.4, -0.2) is 65.0 Å². The number of hydrogen-bond donors (Lipinski definition) is 7. The lowest BCUT2D eigenvalue weighted by molar-refractivity contribution is -0.142. The highest BCUT2D eigenvalue weighted by Gasteiger charge is 2.28. The van der Waals surface area contributed by atoms with Gasteiger partial charge in [0, 0.05) is 29.9 Å². The third-order valence-corrected chi connectivity index (χ3v) is 6.38. The van der Waals surface area contributed by atoms with Gasteiger partial charge in [-0.3, -0.25) is 14.4 Å². The van der Waals surface area contributed by atoms with Crippen molar-refractivity contribution in [1.29, 1.82) is 0 Å². The van der Waals surface area contributed by atoms with Gasteiger partial charge in [0.25, 0.3) is 0 Å². The number of aromatic amines is 1. The van der Waals surface area contributed by atoms with E-state index < -0.39 is 41.8 Å². The van der Waals surface area contributed by atoms with Crippen molar-refractivity contribution in [3.8, 4) is 0 Å². The highest BCUT2D eigenvalue weighted by atomic mass is 16.4. The predicted octanol–water partition coefficient (Wildman–Crippen LogP) is 0.580. The first kappa shape index (κ1) is 29.3. The van der Waals surface area contributed by atoms with E-state index in [9.17, 15) is 24.3 Å². The minimum atomic E-state index is -1.22. The lowest BCUT2D eigenvalue weighted by Crippen LogP contribution is -2.54. The summed E-state index contributed by atoms with van der Waals surface area (Å²) >= 11 is 0. The Balaban J connectivity index is 1.66. The maximum atomic E-state index is 13.3. The molecule has 3 aromatic rings. The van der Waals surface area contributed by atoms with Crippen LogP contribution in [0.4, 0.5) is 0 Å². The molecule has 0 aliphatic carbocycles. The number of carboxylic acids is 1. The third-order valence-electron chi connectivity index (χ3n) is 6.38. The summed E-state index contributed by atoms with van der Waals surface area (Å²) in [5.41, 5.74) is 13.7. The van der Waals surface area contributed by atoms with Crippen molar-refractivity contribution in [2.45, 2.75) is 50.2 Å². The molecular weight excluding hydrogens is 500 g/mol. The Morgan fingerprint density at radius 3 is 2.31 bits per heavy atom. The zero-order valence-corrected chi connectivity index (χ0v) is 21.7. The molecule has 39 heavy (non-hydrogen) atoms. The van der Waals surface area contributed by atoms with Gasteiger partial charge in [-0.05, 0) is 36.6 Å². The first-order valence-electron chi connectivity index (χ1n) is 12.9. The molecule has 0 saturated carbocycles. The molecule has 0 fully saturated rings. The number of aliphatic carboxylic acids is 1. The standard InChI is InChI=1S/C28H36N6O5/c29-13-7-6-11-21(30)26(36)32-17-25(35)33-23(14-18-8-2-1-3-9-18)27(37)34-24(28(38)39)15-19-16-31-22-12-5-4-10-20(19)22/h1-5,8-10,12,16,21,23-24,31H,6-7,11,13-15,17,29-30H2,(H,32,36)(H,33,35)(H,34,37)(H,38,39). The molecule has 0 spiro atoms. The second-order valence-electron chi connectivity index (χ2n) is 9.38. The van der Waals surface area contributed by atoms with Gasteiger partial charge in [-0.25, -0.2) is 4.79 Å². The zero-order valence-electron chi connectivity index (χ0n) is 21.7. The van der Waals surface area contributed by atoms with Crippen LogP contribution in [0.5, 0.6) is 0 Å². The van der Waals surface area contributed by atoms with E-state index in [4.69, 9.17) is 11.5 Å². The van der Waals surface area contributed by atoms with Crippen molar-refractivity contribution in [1.82, 2.24) is 20.9 Å². The molecule has 0 aliphatic heterocycles. The number of carbonyl (C=O) groups is 4.